The second-order valence-corrected chi connectivity index (χ2v) is 8.03. The summed E-state index contributed by atoms with van der Waals surface area (Å²) in [5.74, 6) is 0.768. The molecule has 0 radical (unpaired) electrons. The maximum Gasteiger partial charge on any atom is 0.257 e. The van der Waals surface area contributed by atoms with Gasteiger partial charge in [-0.2, -0.15) is 0 Å². The third-order valence-corrected chi connectivity index (χ3v) is 5.44. The lowest BCUT2D eigenvalue weighted by atomic mass is 10.0. The first-order valence-electron chi connectivity index (χ1n) is 9.98. The lowest BCUT2D eigenvalue weighted by Gasteiger charge is -2.30. The molecule has 28 heavy (non-hydrogen) atoms. The summed E-state index contributed by atoms with van der Waals surface area (Å²) in [6, 6.07) is 5.35. The van der Waals surface area contributed by atoms with Gasteiger partial charge in [-0.1, -0.05) is 6.92 Å². The van der Waals surface area contributed by atoms with Crippen LogP contribution in [0.15, 0.2) is 18.2 Å². The number of hydrogen-bond acceptors (Lipinski definition) is 5. The van der Waals surface area contributed by atoms with Gasteiger partial charge in [-0.3, -0.25) is 9.59 Å². The minimum Gasteiger partial charge on any atom is -0.491 e. The molecule has 0 saturated heterocycles. The van der Waals surface area contributed by atoms with Crippen molar-refractivity contribution in [1.82, 2.24) is 10.2 Å². The molecular formula is C21H31N3O4. The Morgan fingerprint density at radius 3 is 2.75 bits per heavy atom. The number of ether oxygens (including phenoxy) is 2. The predicted octanol–water partition coefficient (Wildman–Crippen LogP) is 2.13. The van der Waals surface area contributed by atoms with E-state index in [0.717, 1.165) is 19.4 Å². The van der Waals surface area contributed by atoms with E-state index in [-0.39, 0.29) is 35.8 Å². The standard InChI is InChI=1S/C21H31N3O4/c1-13-10-22-14(2)12-28-18-9-16(23-20(25)15-5-6-15)7-8-17(18)21(26)24(3)11-19(13)27-4/h7-9,13-15,19,22H,5-6,10-12H2,1-4H3,(H,23,25)/t13-,14-,19+/m1/s1. The van der Waals surface area contributed by atoms with E-state index in [9.17, 15) is 9.59 Å². The van der Waals surface area contributed by atoms with Crippen LogP contribution in [-0.4, -0.2) is 62.7 Å². The Morgan fingerprint density at radius 2 is 2.07 bits per heavy atom. The Kier molecular flexibility index (Phi) is 6.57. The van der Waals surface area contributed by atoms with Crippen LogP contribution in [0.25, 0.3) is 0 Å². The maximum absolute atomic E-state index is 13.0. The summed E-state index contributed by atoms with van der Waals surface area (Å²) in [5.41, 5.74) is 1.14. The van der Waals surface area contributed by atoms with Crippen molar-refractivity contribution in [2.24, 2.45) is 11.8 Å². The highest BCUT2D eigenvalue weighted by Gasteiger charge is 2.30. The van der Waals surface area contributed by atoms with Crippen molar-refractivity contribution in [1.29, 1.82) is 0 Å². The van der Waals surface area contributed by atoms with Gasteiger partial charge in [-0.15, -0.1) is 0 Å². The smallest absolute Gasteiger partial charge is 0.257 e. The van der Waals surface area contributed by atoms with Crippen LogP contribution in [0.2, 0.25) is 0 Å². The Morgan fingerprint density at radius 1 is 1.32 bits per heavy atom. The number of methoxy groups -OCH3 is 1. The van der Waals surface area contributed by atoms with Crippen molar-refractivity contribution < 1.29 is 19.1 Å². The molecule has 1 heterocycles. The van der Waals surface area contributed by atoms with Crippen LogP contribution in [0, 0.1) is 11.8 Å². The van der Waals surface area contributed by atoms with E-state index in [1.54, 1.807) is 37.3 Å². The van der Waals surface area contributed by atoms with Crippen LogP contribution in [0.1, 0.15) is 37.0 Å². The van der Waals surface area contributed by atoms with Crippen molar-refractivity contribution >= 4 is 17.5 Å². The zero-order valence-corrected chi connectivity index (χ0v) is 17.2. The second-order valence-electron chi connectivity index (χ2n) is 8.03. The highest BCUT2D eigenvalue weighted by Crippen LogP contribution is 2.31. The minimum atomic E-state index is -0.120. The van der Waals surface area contributed by atoms with Gasteiger partial charge in [0.2, 0.25) is 5.91 Å². The molecule has 1 aliphatic heterocycles. The Balaban J connectivity index is 1.85. The fourth-order valence-corrected chi connectivity index (χ4v) is 3.32. The number of anilines is 1. The van der Waals surface area contributed by atoms with Gasteiger partial charge in [0.15, 0.2) is 0 Å². The quantitative estimate of drug-likeness (QED) is 0.828. The van der Waals surface area contributed by atoms with Crippen LogP contribution >= 0.6 is 0 Å². The van der Waals surface area contributed by atoms with Crippen molar-refractivity contribution in [2.45, 2.75) is 38.8 Å². The fourth-order valence-electron chi connectivity index (χ4n) is 3.32. The molecule has 0 bridgehead atoms. The van der Waals surface area contributed by atoms with E-state index in [2.05, 4.69) is 17.6 Å². The number of nitrogens with zero attached hydrogens (tertiary/aromatic N) is 1. The van der Waals surface area contributed by atoms with Crippen LogP contribution in [-0.2, 0) is 9.53 Å². The SMILES string of the molecule is CO[C@H]1CN(C)C(=O)c2ccc(NC(=O)C3CC3)cc2OC[C@@H](C)NC[C@H]1C. The summed E-state index contributed by atoms with van der Waals surface area (Å²) in [5, 5.41) is 6.38. The van der Waals surface area contributed by atoms with Gasteiger partial charge in [0.25, 0.3) is 5.91 Å². The van der Waals surface area contributed by atoms with E-state index in [4.69, 9.17) is 9.47 Å². The minimum absolute atomic E-state index is 0.0310. The van der Waals surface area contributed by atoms with Crippen molar-refractivity contribution in [2.75, 3.05) is 39.2 Å². The molecule has 3 atom stereocenters. The third kappa shape index (κ3) is 5.02. The number of benzene rings is 1. The van der Waals surface area contributed by atoms with E-state index in [1.165, 1.54) is 0 Å². The average molecular weight is 389 g/mol. The normalized spacial score (nSPS) is 26.5. The first-order chi connectivity index (χ1) is 13.4. The van der Waals surface area contributed by atoms with Crippen molar-refractivity contribution in [3.8, 4) is 5.75 Å². The molecule has 1 aromatic rings. The van der Waals surface area contributed by atoms with Gasteiger partial charge in [0.1, 0.15) is 12.4 Å². The molecule has 7 heteroatoms. The summed E-state index contributed by atoms with van der Waals surface area (Å²) >= 11 is 0. The van der Waals surface area contributed by atoms with E-state index in [1.807, 2.05) is 6.92 Å². The molecule has 0 aromatic heterocycles. The molecule has 1 saturated carbocycles. The van der Waals surface area contributed by atoms with Crippen LogP contribution in [0.4, 0.5) is 5.69 Å². The Hall–Kier alpha value is -2.12. The Labute approximate surface area is 166 Å². The molecule has 0 unspecified atom stereocenters. The lowest BCUT2D eigenvalue weighted by Crippen LogP contribution is -2.44. The number of amides is 2. The summed E-state index contributed by atoms with van der Waals surface area (Å²) in [4.78, 5) is 26.8. The number of carbonyl (C=O) groups excluding carboxylic acids is 2. The van der Waals surface area contributed by atoms with Gasteiger partial charge < -0.3 is 25.0 Å². The molecule has 154 valence electrons. The highest BCUT2D eigenvalue weighted by molar-refractivity contribution is 5.99. The molecule has 1 aromatic carbocycles. The van der Waals surface area contributed by atoms with Gasteiger partial charge in [0, 0.05) is 51.0 Å². The molecule has 2 aliphatic rings. The van der Waals surface area contributed by atoms with Crippen molar-refractivity contribution in [3.05, 3.63) is 23.8 Å². The Bertz CT molecular complexity index is 720. The molecule has 0 spiro atoms. The first-order valence-corrected chi connectivity index (χ1v) is 9.98. The van der Waals surface area contributed by atoms with E-state index in [0.29, 0.717) is 30.2 Å². The maximum atomic E-state index is 13.0. The average Bonchev–Trinajstić information content (AvgIpc) is 3.52. The van der Waals surface area contributed by atoms with Crippen molar-refractivity contribution in [3.63, 3.8) is 0 Å². The predicted molar refractivity (Wildman–Crippen MR) is 108 cm³/mol. The molecular weight excluding hydrogens is 358 g/mol. The number of hydrogen-bond donors (Lipinski definition) is 2. The summed E-state index contributed by atoms with van der Waals surface area (Å²) in [7, 11) is 3.45. The number of nitrogens with one attached hydrogen (secondary N) is 2. The van der Waals surface area contributed by atoms with Crippen LogP contribution in [0.5, 0.6) is 5.75 Å². The van der Waals surface area contributed by atoms with E-state index < -0.39 is 0 Å². The number of carbonyl (C=O) groups is 2. The lowest BCUT2D eigenvalue weighted by molar-refractivity contribution is -0.117. The zero-order valence-electron chi connectivity index (χ0n) is 17.2. The summed E-state index contributed by atoms with van der Waals surface area (Å²) < 4.78 is 11.6. The number of rotatable bonds is 3. The third-order valence-electron chi connectivity index (χ3n) is 5.44. The topological polar surface area (TPSA) is 79.9 Å². The molecule has 7 nitrogen and oxygen atoms in total. The number of fused-ring (bicyclic) bond motifs is 1. The molecule has 1 aliphatic carbocycles. The number of likely N-dealkylation sites (N-methyl/N-ethyl adjacent to an activating group) is 1. The van der Waals surface area contributed by atoms with Gasteiger partial charge >= 0.3 is 0 Å². The van der Waals surface area contributed by atoms with Crippen LogP contribution < -0.4 is 15.4 Å². The second kappa shape index (κ2) is 8.92. The summed E-state index contributed by atoms with van der Waals surface area (Å²) in [6.07, 6.45) is 1.83. The monoisotopic (exact) mass is 389 g/mol. The van der Waals surface area contributed by atoms with Gasteiger partial charge in [0.05, 0.1) is 11.7 Å². The molecule has 2 amide bonds. The molecule has 1 fully saturated rings. The molecule has 3 rings (SSSR count). The summed E-state index contributed by atoms with van der Waals surface area (Å²) in [6.45, 7) is 5.85. The zero-order chi connectivity index (χ0) is 20.3. The van der Waals surface area contributed by atoms with Gasteiger partial charge in [-0.05, 0) is 37.8 Å². The van der Waals surface area contributed by atoms with Crippen LogP contribution in [0.3, 0.4) is 0 Å². The largest absolute Gasteiger partial charge is 0.491 e. The van der Waals surface area contributed by atoms with E-state index >= 15 is 0 Å². The fraction of sp³-hybridized carbons (Fsp3) is 0.619. The molecule has 2 N–H and O–H groups in total. The highest BCUT2D eigenvalue weighted by atomic mass is 16.5. The van der Waals surface area contributed by atoms with Gasteiger partial charge in [-0.25, -0.2) is 0 Å². The first kappa shape index (κ1) is 20.6.